The van der Waals surface area contributed by atoms with Crippen LogP contribution in [0.1, 0.15) is 27.9 Å². The summed E-state index contributed by atoms with van der Waals surface area (Å²) < 4.78 is 13.5. The third-order valence-electron chi connectivity index (χ3n) is 4.09. The van der Waals surface area contributed by atoms with Gasteiger partial charge in [-0.2, -0.15) is 0 Å². The highest BCUT2D eigenvalue weighted by Gasteiger charge is 2.19. The fourth-order valence-corrected chi connectivity index (χ4v) is 2.79. The molecule has 1 heterocycles. The molecular weight excluding hydrogens is 265 g/mol. The maximum Gasteiger partial charge on any atom is 0.164 e. The predicted octanol–water partition coefficient (Wildman–Crippen LogP) is 3.77. The fourth-order valence-electron chi connectivity index (χ4n) is 2.79. The summed E-state index contributed by atoms with van der Waals surface area (Å²) in [5, 5.41) is 0. The zero-order chi connectivity index (χ0) is 14.8. The van der Waals surface area contributed by atoms with Gasteiger partial charge in [0.25, 0.3) is 0 Å². The van der Waals surface area contributed by atoms with E-state index in [0.717, 1.165) is 13.0 Å². The van der Waals surface area contributed by atoms with Crippen molar-refractivity contribution in [3.8, 4) is 0 Å². The molecule has 0 atom stereocenters. The van der Waals surface area contributed by atoms with Gasteiger partial charge in [-0.3, -0.25) is 4.79 Å². The van der Waals surface area contributed by atoms with Crippen molar-refractivity contribution in [2.24, 2.45) is 0 Å². The second-order valence-electron chi connectivity index (χ2n) is 5.50. The van der Waals surface area contributed by atoms with Crippen molar-refractivity contribution in [3.63, 3.8) is 0 Å². The normalized spacial score (nSPS) is 13.3. The number of carbonyl (C=O) groups is 1. The second kappa shape index (κ2) is 5.68. The Kier molecular flexibility index (Phi) is 3.74. The van der Waals surface area contributed by atoms with Crippen LogP contribution >= 0.6 is 0 Å². The summed E-state index contributed by atoms with van der Waals surface area (Å²) in [6, 6.07) is 13.0. The second-order valence-corrected chi connectivity index (χ2v) is 5.50. The largest absolute Gasteiger partial charge is 0.371 e. The SMILES string of the molecule is Cc1ccc(C(=O)CCN2CCc3ccccc32)cc1F. The summed E-state index contributed by atoms with van der Waals surface area (Å²) in [5.74, 6) is -0.314. The van der Waals surface area contributed by atoms with E-state index in [4.69, 9.17) is 0 Å². The lowest BCUT2D eigenvalue weighted by Crippen LogP contribution is -2.23. The Morgan fingerprint density at radius 3 is 2.86 bits per heavy atom. The Balaban J connectivity index is 1.66. The Hall–Kier alpha value is -2.16. The van der Waals surface area contributed by atoms with Crippen LogP contribution in [0.15, 0.2) is 42.5 Å². The quantitative estimate of drug-likeness (QED) is 0.796. The Morgan fingerprint density at radius 2 is 2.05 bits per heavy atom. The summed E-state index contributed by atoms with van der Waals surface area (Å²) in [5.41, 5.74) is 3.59. The monoisotopic (exact) mass is 283 g/mol. The van der Waals surface area contributed by atoms with E-state index in [2.05, 4.69) is 17.0 Å². The number of fused-ring (bicyclic) bond motifs is 1. The van der Waals surface area contributed by atoms with Crippen LogP contribution in [-0.2, 0) is 6.42 Å². The summed E-state index contributed by atoms with van der Waals surface area (Å²) in [4.78, 5) is 14.4. The maximum atomic E-state index is 13.5. The molecule has 0 saturated heterocycles. The number of nitrogens with zero attached hydrogens (tertiary/aromatic N) is 1. The summed E-state index contributed by atoms with van der Waals surface area (Å²) in [6.07, 6.45) is 1.44. The van der Waals surface area contributed by atoms with Crippen LogP contribution in [0.2, 0.25) is 0 Å². The van der Waals surface area contributed by atoms with Crippen molar-refractivity contribution in [1.82, 2.24) is 0 Å². The molecule has 0 fully saturated rings. The molecule has 0 N–H and O–H groups in total. The number of aryl methyl sites for hydroxylation is 1. The molecule has 0 radical (unpaired) electrons. The van der Waals surface area contributed by atoms with Crippen LogP contribution < -0.4 is 4.90 Å². The fraction of sp³-hybridized carbons (Fsp3) is 0.278. The van der Waals surface area contributed by atoms with E-state index in [1.807, 2.05) is 12.1 Å². The number of benzene rings is 2. The number of hydrogen-bond acceptors (Lipinski definition) is 2. The van der Waals surface area contributed by atoms with Crippen LogP contribution in [0.3, 0.4) is 0 Å². The van der Waals surface area contributed by atoms with Crippen molar-refractivity contribution >= 4 is 11.5 Å². The van der Waals surface area contributed by atoms with Gasteiger partial charge in [0.1, 0.15) is 5.82 Å². The number of halogens is 1. The molecule has 21 heavy (non-hydrogen) atoms. The highest BCUT2D eigenvalue weighted by molar-refractivity contribution is 5.96. The van der Waals surface area contributed by atoms with E-state index in [-0.39, 0.29) is 11.6 Å². The zero-order valence-electron chi connectivity index (χ0n) is 12.1. The molecule has 108 valence electrons. The molecule has 3 heteroatoms. The maximum absolute atomic E-state index is 13.5. The van der Waals surface area contributed by atoms with E-state index in [1.165, 1.54) is 17.3 Å². The summed E-state index contributed by atoms with van der Waals surface area (Å²) >= 11 is 0. The average Bonchev–Trinajstić information content (AvgIpc) is 2.91. The number of hydrogen-bond donors (Lipinski definition) is 0. The number of ketones is 1. The molecular formula is C18H18FNO. The van der Waals surface area contributed by atoms with Crippen molar-refractivity contribution in [3.05, 3.63) is 65.0 Å². The third-order valence-corrected chi connectivity index (χ3v) is 4.09. The number of anilines is 1. The Morgan fingerprint density at radius 1 is 1.24 bits per heavy atom. The molecule has 2 nitrogen and oxygen atoms in total. The molecule has 0 aromatic heterocycles. The minimum absolute atomic E-state index is 0.00159. The van der Waals surface area contributed by atoms with Gasteiger partial charge in [-0.15, -0.1) is 0 Å². The Labute approximate surface area is 124 Å². The predicted molar refractivity (Wildman–Crippen MR) is 82.4 cm³/mol. The lowest BCUT2D eigenvalue weighted by atomic mass is 10.1. The van der Waals surface area contributed by atoms with Gasteiger partial charge in [-0.1, -0.05) is 30.3 Å². The molecule has 1 aliphatic heterocycles. The van der Waals surface area contributed by atoms with Crippen LogP contribution in [0, 0.1) is 12.7 Å². The minimum atomic E-state index is -0.313. The van der Waals surface area contributed by atoms with Gasteiger partial charge in [0.05, 0.1) is 0 Å². The van der Waals surface area contributed by atoms with Crippen LogP contribution in [0.4, 0.5) is 10.1 Å². The molecule has 0 bridgehead atoms. The molecule has 2 aromatic rings. The molecule has 0 saturated carbocycles. The van der Waals surface area contributed by atoms with E-state index in [1.54, 1.807) is 19.1 Å². The van der Waals surface area contributed by atoms with Crippen LogP contribution in [-0.4, -0.2) is 18.9 Å². The standard InChI is InChI=1S/C18H18FNO/c1-13-6-7-15(12-16(13)19)18(21)9-11-20-10-8-14-4-2-3-5-17(14)20/h2-7,12H,8-11H2,1H3. The van der Waals surface area contributed by atoms with Crippen molar-refractivity contribution in [2.75, 3.05) is 18.0 Å². The first kappa shape index (κ1) is 13.8. The van der Waals surface area contributed by atoms with Gasteiger partial charge in [-0.05, 0) is 36.6 Å². The molecule has 1 aliphatic rings. The highest BCUT2D eigenvalue weighted by atomic mass is 19.1. The summed E-state index contributed by atoms with van der Waals surface area (Å²) in [7, 11) is 0. The first-order chi connectivity index (χ1) is 10.1. The van der Waals surface area contributed by atoms with Gasteiger partial charge in [0.15, 0.2) is 5.78 Å². The smallest absolute Gasteiger partial charge is 0.164 e. The number of carbonyl (C=O) groups excluding carboxylic acids is 1. The summed E-state index contributed by atoms with van der Waals surface area (Å²) in [6.45, 7) is 3.34. The zero-order valence-corrected chi connectivity index (χ0v) is 12.1. The van der Waals surface area contributed by atoms with Gasteiger partial charge >= 0.3 is 0 Å². The Bertz CT molecular complexity index is 681. The third kappa shape index (κ3) is 2.82. The molecule has 2 aromatic carbocycles. The van der Waals surface area contributed by atoms with Crippen LogP contribution in [0.25, 0.3) is 0 Å². The lowest BCUT2D eigenvalue weighted by Gasteiger charge is -2.18. The average molecular weight is 283 g/mol. The van der Waals surface area contributed by atoms with Gasteiger partial charge in [-0.25, -0.2) is 4.39 Å². The van der Waals surface area contributed by atoms with E-state index in [9.17, 15) is 9.18 Å². The van der Waals surface area contributed by atoms with Gasteiger partial charge in [0.2, 0.25) is 0 Å². The van der Waals surface area contributed by atoms with Crippen LogP contribution in [0.5, 0.6) is 0 Å². The van der Waals surface area contributed by atoms with E-state index < -0.39 is 0 Å². The number of Topliss-reactive ketones (excluding diaryl/α,β-unsaturated/α-hetero) is 1. The molecule has 0 spiro atoms. The molecule has 0 aliphatic carbocycles. The van der Waals surface area contributed by atoms with E-state index in [0.29, 0.717) is 24.1 Å². The number of para-hydroxylation sites is 1. The lowest BCUT2D eigenvalue weighted by molar-refractivity contribution is 0.0984. The first-order valence-electron chi connectivity index (χ1n) is 7.27. The molecule has 3 rings (SSSR count). The minimum Gasteiger partial charge on any atom is -0.371 e. The molecule has 0 unspecified atom stereocenters. The first-order valence-corrected chi connectivity index (χ1v) is 7.27. The van der Waals surface area contributed by atoms with Crippen molar-refractivity contribution in [1.29, 1.82) is 0 Å². The molecule has 0 amide bonds. The van der Waals surface area contributed by atoms with Gasteiger partial charge in [0, 0.05) is 30.8 Å². The van der Waals surface area contributed by atoms with Crippen molar-refractivity contribution in [2.45, 2.75) is 19.8 Å². The number of rotatable bonds is 4. The van der Waals surface area contributed by atoms with E-state index >= 15 is 0 Å². The van der Waals surface area contributed by atoms with Crippen molar-refractivity contribution < 1.29 is 9.18 Å². The van der Waals surface area contributed by atoms with Gasteiger partial charge < -0.3 is 4.90 Å². The highest BCUT2D eigenvalue weighted by Crippen LogP contribution is 2.27. The topological polar surface area (TPSA) is 20.3 Å².